The summed E-state index contributed by atoms with van der Waals surface area (Å²) in [6.45, 7) is 2.43. The predicted octanol–water partition coefficient (Wildman–Crippen LogP) is 3.60. The van der Waals surface area contributed by atoms with E-state index in [9.17, 15) is 8.42 Å². The molecule has 0 spiro atoms. The Morgan fingerprint density at radius 1 is 1.18 bits per heavy atom. The van der Waals surface area contributed by atoms with E-state index in [1.807, 2.05) is 19.1 Å². The standard InChI is InChI=1S/C20H22ClNO4S2/c1-3-26-12-20(19(22)27)17(13-4-8-15(25-2)9-5-13)18(20)28(23,24)16-10-6-14(21)7-11-16/h4-11,17-18H,3,12H2,1-2H3,(H2,22,27)/t17-,18-,20-/m0/s1. The highest BCUT2D eigenvalue weighted by atomic mass is 35.5. The molecule has 1 aliphatic rings. The molecule has 0 aromatic heterocycles. The van der Waals surface area contributed by atoms with Crippen molar-refractivity contribution < 1.29 is 17.9 Å². The molecule has 8 heteroatoms. The van der Waals surface area contributed by atoms with Crippen molar-refractivity contribution >= 4 is 38.6 Å². The molecule has 150 valence electrons. The Bertz CT molecular complexity index is 961. The Kier molecular flexibility index (Phi) is 6.00. The molecule has 1 aliphatic carbocycles. The van der Waals surface area contributed by atoms with Gasteiger partial charge in [-0.3, -0.25) is 0 Å². The fourth-order valence-corrected chi connectivity index (χ4v) is 6.62. The van der Waals surface area contributed by atoms with Crippen LogP contribution >= 0.6 is 23.8 Å². The minimum absolute atomic E-state index is 0.143. The van der Waals surface area contributed by atoms with Crippen molar-refractivity contribution in [1.29, 1.82) is 0 Å². The van der Waals surface area contributed by atoms with Gasteiger partial charge in [-0.2, -0.15) is 0 Å². The lowest BCUT2D eigenvalue weighted by molar-refractivity contribution is 0.121. The molecule has 0 bridgehead atoms. The number of ether oxygens (including phenoxy) is 2. The highest BCUT2D eigenvalue weighted by Crippen LogP contribution is 2.64. The largest absolute Gasteiger partial charge is 0.497 e. The van der Waals surface area contributed by atoms with E-state index in [4.69, 9.17) is 39.0 Å². The molecule has 3 atom stereocenters. The maximum Gasteiger partial charge on any atom is 0.182 e. The first-order chi connectivity index (χ1) is 13.3. The van der Waals surface area contributed by atoms with Crippen molar-refractivity contribution in [3.8, 4) is 5.75 Å². The Hall–Kier alpha value is -1.67. The van der Waals surface area contributed by atoms with Gasteiger partial charge < -0.3 is 15.2 Å². The third-order valence-electron chi connectivity index (χ3n) is 5.21. The summed E-state index contributed by atoms with van der Waals surface area (Å²) in [5.41, 5.74) is 5.96. The number of hydrogen-bond acceptors (Lipinski definition) is 5. The zero-order chi connectivity index (χ0) is 20.5. The molecule has 0 saturated heterocycles. The fraction of sp³-hybridized carbons (Fsp3) is 0.350. The van der Waals surface area contributed by atoms with Gasteiger partial charge in [0.2, 0.25) is 0 Å². The van der Waals surface area contributed by atoms with E-state index in [-0.39, 0.29) is 16.5 Å². The van der Waals surface area contributed by atoms with Crippen molar-refractivity contribution in [3.63, 3.8) is 0 Å². The van der Waals surface area contributed by atoms with E-state index in [0.717, 1.165) is 5.56 Å². The highest BCUT2D eigenvalue weighted by Gasteiger charge is 2.73. The van der Waals surface area contributed by atoms with E-state index >= 15 is 0 Å². The number of halogens is 1. The Morgan fingerprint density at radius 3 is 2.29 bits per heavy atom. The van der Waals surface area contributed by atoms with Gasteiger partial charge in [0.1, 0.15) is 5.75 Å². The number of benzene rings is 2. The lowest BCUT2D eigenvalue weighted by Gasteiger charge is -2.17. The molecule has 28 heavy (non-hydrogen) atoms. The van der Waals surface area contributed by atoms with Crippen LogP contribution in [0.4, 0.5) is 0 Å². The molecule has 3 rings (SSSR count). The van der Waals surface area contributed by atoms with Crippen LogP contribution < -0.4 is 10.5 Å². The maximum absolute atomic E-state index is 13.5. The summed E-state index contributed by atoms with van der Waals surface area (Å²) in [6, 6.07) is 13.4. The number of rotatable bonds is 8. The van der Waals surface area contributed by atoms with Gasteiger partial charge in [-0.15, -0.1) is 0 Å². The van der Waals surface area contributed by atoms with Gasteiger partial charge in [-0.1, -0.05) is 36.0 Å². The maximum atomic E-state index is 13.5. The smallest absolute Gasteiger partial charge is 0.182 e. The molecule has 1 fully saturated rings. The zero-order valence-electron chi connectivity index (χ0n) is 15.6. The first kappa shape index (κ1) is 21.0. The lowest BCUT2D eigenvalue weighted by atomic mass is 10.00. The summed E-state index contributed by atoms with van der Waals surface area (Å²) >= 11 is 11.3. The molecular formula is C20H22ClNO4S2. The third kappa shape index (κ3) is 3.52. The van der Waals surface area contributed by atoms with Crippen LogP contribution in [-0.4, -0.2) is 39.0 Å². The Morgan fingerprint density at radius 2 is 1.79 bits per heavy atom. The molecule has 0 heterocycles. The van der Waals surface area contributed by atoms with Gasteiger partial charge in [0.15, 0.2) is 9.84 Å². The second-order valence-corrected chi connectivity index (χ2v) is 9.66. The minimum atomic E-state index is -3.72. The highest BCUT2D eigenvalue weighted by molar-refractivity contribution is 7.92. The third-order valence-corrected chi connectivity index (χ3v) is 8.13. The molecule has 2 aromatic rings. The number of thiocarbonyl (C=S) groups is 1. The summed E-state index contributed by atoms with van der Waals surface area (Å²) in [6.07, 6.45) is 0. The van der Waals surface area contributed by atoms with Crippen LogP contribution in [0, 0.1) is 5.41 Å². The molecule has 1 saturated carbocycles. The summed E-state index contributed by atoms with van der Waals surface area (Å²) in [7, 11) is -2.14. The van der Waals surface area contributed by atoms with Crippen LogP contribution in [-0.2, 0) is 14.6 Å². The zero-order valence-corrected chi connectivity index (χ0v) is 18.0. The van der Waals surface area contributed by atoms with Gasteiger partial charge in [0.25, 0.3) is 0 Å². The van der Waals surface area contributed by atoms with Gasteiger partial charge >= 0.3 is 0 Å². The average Bonchev–Trinajstić information content (AvgIpc) is 3.38. The van der Waals surface area contributed by atoms with Crippen molar-refractivity contribution in [2.24, 2.45) is 11.1 Å². The van der Waals surface area contributed by atoms with Crippen molar-refractivity contribution in [1.82, 2.24) is 0 Å². The van der Waals surface area contributed by atoms with E-state index in [1.165, 1.54) is 12.1 Å². The lowest BCUT2D eigenvalue weighted by Crippen LogP contribution is -2.33. The Balaban J connectivity index is 2.08. The van der Waals surface area contributed by atoms with Crippen LogP contribution in [0.5, 0.6) is 5.75 Å². The van der Waals surface area contributed by atoms with E-state index in [1.54, 1.807) is 31.4 Å². The molecule has 2 N–H and O–H groups in total. The molecular weight excluding hydrogens is 418 g/mol. The minimum Gasteiger partial charge on any atom is -0.497 e. The van der Waals surface area contributed by atoms with Crippen LogP contribution in [0.3, 0.4) is 0 Å². The quantitative estimate of drug-likeness (QED) is 0.633. The first-order valence-electron chi connectivity index (χ1n) is 8.80. The SMILES string of the molecule is CCOC[C@]1(C(N)=S)[C@@H](c2ccc(OC)cc2)[C@@H]1S(=O)(=O)c1ccc(Cl)cc1. The van der Waals surface area contributed by atoms with Gasteiger partial charge in [0, 0.05) is 17.5 Å². The normalized spacial score (nSPS) is 24.0. The van der Waals surface area contributed by atoms with Crippen LogP contribution in [0.2, 0.25) is 5.02 Å². The van der Waals surface area contributed by atoms with E-state index < -0.39 is 26.4 Å². The van der Waals surface area contributed by atoms with Gasteiger partial charge in [-0.25, -0.2) is 8.42 Å². The second kappa shape index (κ2) is 7.99. The van der Waals surface area contributed by atoms with Crippen LogP contribution in [0.15, 0.2) is 53.4 Å². The topological polar surface area (TPSA) is 78.6 Å². The van der Waals surface area contributed by atoms with Gasteiger partial charge in [-0.05, 0) is 48.9 Å². The molecule has 0 amide bonds. The molecule has 2 aromatic carbocycles. The summed E-state index contributed by atoms with van der Waals surface area (Å²) in [5, 5.41) is -0.338. The summed E-state index contributed by atoms with van der Waals surface area (Å²) in [4.78, 5) is 0.333. The van der Waals surface area contributed by atoms with E-state index in [0.29, 0.717) is 17.4 Å². The number of hydrogen-bond donors (Lipinski definition) is 1. The van der Waals surface area contributed by atoms with Crippen LogP contribution in [0.1, 0.15) is 18.4 Å². The van der Waals surface area contributed by atoms with E-state index in [2.05, 4.69) is 0 Å². The molecule has 0 unspecified atom stereocenters. The molecule has 0 aliphatic heterocycles. The summed E-state index contributed by atoms with van der Waals surface area (Å²) in [5.74, 6) is 0.287. The van der Waals surface area contributed by atoms with Crippen molar-refractivity contribution in [2.45, 2.75) is 23.0 Å². The first-order valence-corrected chi connectivity index (χ1v) is 11.1. The van der Waals surface area contributed by atoms with Gasteiger partial charge in [0.05, 0.1) is 34.3 Å². The number of sulfone groups is 1. The number of nitrogens with two attached hydrogens (primary N) is 1. The van der Waals surface area contributed by atoms with Crippen molar-refractivity contribution in [2.75, 3.05) is 20.3 Å². The second-order valence-electron chi connectivity index (χ2n) is 6.71. The van der Waals surface area contributed by atoms with Crippen molar-refractivity contribution in [3.05, 3.63) is 59.1 Å². The molecule has 0 radical (unpaired) electrons. The Labute approximate surface area is 175 Å². The fourth-order valence-electron chi connectivity index (χ4n) is 3.72. The summed E-state index contributed by atoms with van der Waals surface area (Å²) < 4.78 is 37.7. The number of methoxy groups -OCH3 is 1. The predicted molar refractivity (Wildman–Crippen MR) is 114 cm³/mol. The monoisotopic (exact) mass is 439 g/mol. The average molecular weight is 440 g/mol. The van der Waals surface area contributed by atoms with Crippen LogP contribution in [0.25, 0.3) is 0 Å². The molecule has 5 nitrogen and oxygen atoms in total.